The van der Waals surface area contributed by atoms with Gasteiger partial charge in [0, 0.05) is 42.9 Å². The maximum atomic E-state index is 13.4. The zero-order chi connectivity index (χ0) is 22.8. The molecular formula is C27H30N4O2. The van der Waals surface area contributed by atoms with E-state index < -0.39 is 0 Å². The van der Waals surface area contributed by atoms with Gasteiger partial charge in [-0.25, -0.2) is 9.97 Å². The van der Waals surface area contributed by atoms with E-state index in [0.717, 1.165) is 73.8 Å². The van der Waals surface area contributed by atoms with E-state index in [9.17, 15) is 4.79 Å². The highest BCUT2D eigenvalue weighted by molar-refractivity contribution is 5.96. The molecule has 0 N–H and O–H groups in total. The lowest BCUT2D eigenvalue weighted by atomic mass is 9.92. The molecule has 6 nitrogen and oxygen atoms in total. The summed E-state index contributed by atoms with van der Waals surface area (Å²) < 4.78 is 5.25. The van der Waals surface area contributed by atoms with E-state index in [0.29, 0.717) is 0 Å². The molecule has 1 fully saturated rings. The van der Waals surface area contributed by atoms with Gasteiger partial charge in [0.2, 0.25) is 5.91 Å². The van der Waals surface area contributed by atoms with Gasteiger partial charge in [-0.2, -0.15) is 0 Å². The topological polar surface area (TPSA) is 58.6 Å². The van der Waals surface area contributed by atoms with Gasteiger partial charge < -0.3 is 14.5 Å². The van der Waals surface area contributed by atoms with Gasteiger partial charge >= 0.3 is 0 Å². The predicted octanol–water partition coefficient (Wildman–Crippen LogP) is 4.66. The summed E-state index contributed by atoms with van der Waals surface area (Å²) in [4.78, 5) is 26.7. The summed E-state index contributed by atoms with van der Waals surface area (Å²) in [6, 6.07) is 16.4. The van der Waals surface area contributed by atoms with Crippen LogP contribution in [0.5, 0.6) is 5.75 Å². The standard InChI is InChI=1S/C27H30N4O2/c1-19-5-10-25-22(16-19)4-3-13-31(25)27(32)21-11-14-30(15-12-21)26-17-24(28-18-29-26)20-6-8-23(33-2)9-7-20/h5-10,16-18,21H,3-4,11-15H2,1-2H3. The van der Waals surface area contributed by atoms with Crippen LogP contribution in [0, 0.1) is 12.8 Å². The fraction of sp³-hybridized carbons (Fsp3) is 0.370. The average molecular weight is 443 g/mol. The molecule has 2 aliphatic rings. The van der Waals surface area contributed by atoms with Crippen LogP contribution in [0.15, 0.2) is 54.9 Å². The number of hydrogen-bond donors (Lipinski definition) is 0. The van der Waals surface area contributed by atoms with Crippen molar-refractivity contribution in [3.63, 3.8) is 0 Å². The van der Waals surface area contributed by atoms with Crippen molar-refractivity contribution in [3.05, 3.63) is 66.0 Å². The summed E-state index contributed by atoms with van der Waals surface area (Å²) in [5.74, 6) is 2.09. The molecule has 0 spiro atoms. The number of anilines is 2. The monoisotopic (exact) mass is 442 g/mol. The number of hydrogen-bond acceptors (Lipinski definition) is 5. The minimum Gasteiger partial charge on any atom is -0.497 e. The van der Waals surface area contributed by atoms with Gasteiger partial charge in [0.15, 0.2) is 0 Å². The van der Waals surface area contributed by atoms with Crippen LogP contribution in [-0.4, -0.2) is 42.6 Å². The van der Waals surface area contributed by atoms with Crippen molar-refractivity contribution in [2.75, 3.05) is 36.5 Å². The summed E-state index contributed by atoms with van der Waals surface area (Å²) in [5.41, 5.74) is 5.60. The third-order valence-corrected chi connectivity index (χ3v) is 6.83. The molecule has 2 aliphatic heterocycles. The number of carbonyl (C=O) groups excluding carboxylic acids is 1. The van der Waals surface area contributed by atoms with Gasteiger partial charge in [-0.1, -0.05) is 17.7 Å². The first-order chi connectivity index (χ1) is 16.1. The fourth-order valence-corrected chi connectivity index (χ4v) is 4.97. The number of benzene rings is 2. The van der Waals surface area contributed by atoms with E-state index in [2.05, 4.69) is 40.0 Å². The Morgan fingerprint density at radius 3 is 2.55 bits per heavy atom. The van der Waals surface area contributed by atoms with Crippen LogP contribution in [0.3, 0.4) is 0 Å². The third kappa shape index (κ3) is 4.42. The van der Waals surface area contributed by atoms with Gasteiger partial charge in [0.25, 0.3) is 0 Å². The van der Waals surface area contributed by atoms with Crippen LogP contribution in [0.25, 0.3) is 11.3 Å². The number of rotatable bonds is 4. The highest BCUT2D eigenvalue weighted by Gasteiger charge is 2.31. The van der Waals surface area contributed by atoms with Crippen molar-refractivity contribution in [2.24, 2.45) is 5.92 Å². The summed E-state index contributed by atoms with van der Waals surface area (Å²) in [6.45, 7) is 4.59. The molecule has 3 heterocycles. The number of aryl methyl sites for hydroxylation is 2. The zero-order valence-electron chi connectivity index (χ0n) is 19.3. The van der Waals surface area contributed by atoms with E-state index in [1.807, 2.05) is 35.2 Å². The Hall–Kier alpha value is -3.41. The van der Waals surface area contributed by atoms with Gasteiger partial charge in [-0.05, 0) is 68.5 Å². The van der Waals surface area contributed by atoms with Gasteiger partial charge in [0.1, 0.15) is 17.9 Å². The van der Waals surface area contributed by atoms with Crippen LogP contribution in [0.4, 0.5) is 11.5 Å². The minimum absolute atomic E-state index is 0.0661. The molecule has 6 heteroatoms. The maximum Gasteiger partial charge on any atom is 0.230 e. The lowest BCUT2D eigenvalue weighted by molar-refractivity contribution is -0.123. The number of methoxy groups -OCH3 is 1. The molecular weight excluding hydrogens is 412 g/mol. The summed E-state index contributed by atoms with van der Waals surface area (Å²) in [6.07, 6.45) is 5.41. The van der Waals surface area contributed by atoms with E-state index in [4.69, 9.17) is 4.74 Å². The normalized spacial score (nSPS) is 16.4. The first kappa shape index (κ1) is 21.4. The van der Waals surface area contributed by atoms with Crippen molar-refractivity contribution < 1.29 is 9.53 Å². The molecule has 1 saturated heterocycles. The van der Waals surface area contributed by atoms with Crippen LogP contribution < -0.4 is 14.5 Å². The molecule has 0 aliphatic carbocycles. The number of carbonyl (C=O) groups is 1. The fourth-order valence-electron chi connectivity index (χ4n) is 4.97. The van der Waals surface area contributed by atoms with Crippen molar-refractivity contribution >= 4 is 17.4 Å². The van der Waals surface area contributed by atoms with Gasteiger partial charge in [-0.15, -0.1) is 0 Å². The Labute approximate surface area is 195 Å². The number of nitrogens with zero attached hydrogens (tertiary/aromatic N) is 4. The summed E-state index contributed by atoms with van der Waals surface area (Å²) in [5, 5.41) is 0. The van der Waals surface area contributed by atoms with Crippen LogP contribution in [0.1, 0.15) is 30.4 Å². The maximum absolute atomic E-state index is 13.4. The predicted molar refractivity (Wildman–Crippen MR) is 131 cm³/mol. The minimum atomic E-state index is 0.0661. The quantitative estimate of drug-likeness (QED) is 0.588. The highest BCUT2D eigenvalue weighted by atomic mass is 16.5. The number of ether oxygens (including phenoxy) is 1. The molecule has 0 unspecified atom stereocenters. The van der Waals surface area contributed by atoms with E-state index in [1.165, 1.54) is 11.1 Å². The van der Waals surface area contributed by atoms with Gasteiger partial charge in [0.05, 0.1) is 12.8 Å². The molecule has 1 amide bonds. The second-order valence-electron chi connectivity index (χ2n) is 8.98. The largest absolute Gasteiger partial charge is 0.497 e. The van der Waals surface area contributed by atoms with Crippen molar-refractivity contribution in [3.8, 4) is 17.0 Å². The number of fused-ring (bicyclic) bond motifs is 1. The number of amides is 1. The molecule has 1 aromatic heterocycles. The molecule has 0 saturated carbocycles. The van der Waals surface area contributed by atoms with Crippen LogP contribution in [0.2, 0.25) is 0 Å². The lowest BCUT2D eigenvalue weighted by Crippen LogP contribution is -2.44. The van der Waals surface area contributed by atoms with E-state index >= 15 is 0 Å². The molecule has 2 aromatic carbocycles. The number of piperidine rings is 1. The van der Waals surface area contributed by atoms with E-state index in [1.54, 1.807) is 13.4 Å². The summed E-state index contributed by atoms with van der Waals surface area (Å²) in [7, 11) is 1.66. The number of aromatic nitrogens is 2. The molecule has 0 radical (unpaired) electrons. The first-order valence-electron chi connectivity index (χ1n) is 11.7. The SMILES string of the molecule is COc1ccc(-c2cc(N3CCC(C(=O)N4CCCc5cc(C)ccc54)CC3)ncn2)cc1. The Balaban J connectivity index is 1.26. The molecule has 5 rings (SSSR count). The molecule has 3 aromatic rings. The first-order valence-corrected chi connectivity index (χ1v) is 11.7. The highest BCUT2D eigenvalue weighted by Crippen LogP contribution is 2.32. The van der Waals surface area contributed by atoms with Crippen molar-refractivity contribution in [1.29, 1.82) is 0 Å². The molecule has 0 bridgehead atoms. The summed E-state index contributed by atoms with van der Waals surface area (Å²) >= 11 is 0. The second kappa shape index (κ2) is 9.22. The smallest absolute Gasteiger partial charge is 0.230 e. The van der Waals surface area contributed by atoms with E-state index in [-0.39, 0.29) is 11.8 Å². The molecule has 170 valence electrons. The Kier molecular flexibility index (Phi) is 5.99. The van der Waals surface area contributed by atoms with Crippen LogP contribution in [-0.2, 0) is 11.2 Å². The molecule has 33 heavy (non-hydrogen) atoms. The van der Waals surface area contributed by atoms with Crippen molar-refractivity contribution in [1.82, 2.24) is 9.97 Å². The Morgan fingerprint density at radius 1 is 1.00 bits per heavy atom. The van der Waals surface area contributed by atoms with Crippen molar-refractivity contribution in [2.45, 2.75) is 32.6 Å². The Bertz CT molecular complexity index is 1140. The second-order valence-corrected chi connectivity index (χ2v) is 8.98. The van der Waals surface area contributed by atoms with Gasteiger partial charge in [-0.3, -0.25) is 4.79 Å². The molecule has 0 atom stereocenters. The lowest BCUT2D eigenvalue weighted by Gasteiger charge is -2.37. The third-order valence-electron chi connectivity index (χ3n) is 6.83. The average Bonchev–Trinajstić information content (AvgIpc) is 2.88. The zero-order valence-corrected chi connectivity index (χ0v) is 19.3. The van der Waals surface area contributed by atoms with Crippen LogP contribution >= 0.6 is 0 Å². The Morgan fingerprint density at radius 2 is 1.79 bits per heavy atom.